The molecule has 0 radical (unpaired) electrons. The number of nitrogens with one attached hydrogen (secondary N) is 1. The predicted molar refractivity (Wildman–Crippen MR) is 99.1 cm³/mol. The summed E-state index contributed by atoms with van der Waals surface area (Å²) in [5.74, 6) is 0.873. The second kappa shape index (κ2) is 7.49. The minimum Gasteiger partial charge on any atom is -0.494 e. The van der Waals surface area contributed by atoms with Gasteiger partial charge in [-0.1, -0.05) is 18.2 Å². The number of rotatable bonds is 6. The van der Waals surface area contributed by atoms with Gasteiger partial charge in [-0.25, -0.2) is 4.98 Å². The van der Waals surface area contributed by atoms with Crippen LogP contribution in [0.3, 0.4) is 0 Å². The first-order chi connectivity index (χ1) is 12.1. The standard InChI is InChI=1S/C20H23N3O2/c1-4-25-18-8-6-16(7-9-18)15(3)21-12-17-11-20(24)23-13-14(2)5-10-19(23)22-17/h5-11,13,15,21H,4,12H2,1-3H3/t15-/m1/s1. The Balaban J connectivity index is 1.71. The summed E-state index contributed by atoms with van der Waals surface area (Å²) in [6.07, 6.45) is 1.81. The highest BCUT2D eigenvalue weighted by Crippen LogP contribution is 2.18. The monoisotopic (exact) mass is 337 g/mol. The molecule has 1 aromatic carbocycles. The van der Waals surface area contributed by atoms with Gasteiger partial charge in [-0.2, -0.15) is 0 Å². The number of fused-ring (bicyclic) bond motifs is 1. The van der Waals surface area contributed by atoms with Crippen molar-refractivity contribution < 1.29 is 4.74 Å². The third kappa shape index (κ3) is 4.06. The van der Waals surface area contributed by atoms with Crippen molar-refractivity contribution in [2.45, 2.75) is 33.4 Å². The van der Waals surface area contributed by atoms with Crippen molar-refractivity contribution in [1.82, 2.24) is 14.7 Å². The Morgan fingerprint density at radius 1 is 1.20 bits per heavy atom. The number of hydrogen-bond acceptors (Lipinski definition) is 4. The summed E-state index contributed by atoms with van der Waals surface area (Å²) >= 11 is 0. The average molecular weight is 337 g/mol. The fourth-order valence-electron chi connectivity index (χ4n) is 2.74. The van der Waals surface area contributed by atoms with E-state index < -0.39 is 0 Å². The van der Waals surface area contributed by atoms with E-state index in [0.717, 1.165) is 22.6 Å². The van der Waals surface area contributed by atoms with Gasteiger partial charge in [-0.05, 0) is 50.1 Å². The fourth-order valence-corrected chi connectivity index (χ4v) is 2.74. The number of aromatic nitrogens is 2. The Morgan fingerprint density at radius 3 is 2.68 bits per heavy atom. The summed E-state index contributed by atoms with van der Waals surface area (Å²) in [7, 11) is 0. The van der Waals surface area contributed by atoms with E-state index in [4.69, 9.17) is 4.74 Å². The zero-order valence-electron chi connectivity index (χ0n) is 14.8. The maximum absolute atomic E-state index is 12.2. The van der Waals surface area contributed by atoms with Crippen molar-refractivity contribution in [1.29, 1.82) is 0 Å². The normalized spacial score (nSPS) is 12.3. The van der Waals surface area contributed by atoms with Crippen LogP contribution in [0.5, 0.6) is 5.75 Å². The Kier molecular flexibility index (Phi) is 5.14. The lowest BCUT2D eigenvalue weighted by Gasteiger charge is -2.15. The molecular weight excluding hydrogens is 314 g/mol. The van der Waals surface area contributed by atoms with Crippen LogP contribution < -0.4 is 15.6 Å². The molecule has 0 bridgehead atoms. The lowest BCUT2D eigenvalue weighted by Crippen LogP contribution is -2.22. The van der Waals surface area contributed by atoms with Gasteiger partial charge < -0.3 is 10.1 Å². The number of benzene rings is 1. The zero-order valence-corrected chi connectivity index (χ0v) is 14.8. The highest BCUT2D eigenvalue weighted by molar-refractivity contribution is 5.40. The first-order valence-corrected chi connectivity index (χ1v) is 8.52. The minimum atomic E-state index is -0.0563. The van der Waals surface area contributed by atoms with Crippen LogP contribution in [0.1, 0.15) is 36.7 Å². The molecule has 0 unspecified atom stereocenters. The van der Waals surface area contributed by atoms with Crippen molar-refractivity contribution in [3.8, 4) is 5.75 Å². The molecule has 0 saturated heterocycles. The number of hydrogen-bond donors (Lipinski definition) is 1. The third-order valence-corrected chi connectivity index (χ3v) is 4.14. The van der Waals surface area contributed by atoms with E-state index in [1.54, 1.807) is 10.5 Å². The lowest BCUT2D eigenvalue weighted by atomic mass is 10.1. The smallest absolute Gasteiger partial charge is 0.258 e. The van der Waals surface area contributed by atoms with Crippen LogP contribution in [0, 0.1) is 6.92 Å². The molecule has 2 heterocycles. The van der Waals surface area contributed by atoms with Crippen LogP contribution in [0.2, 0.25) is 0 Å². The molecule has 5 nitrogen and oxygen atoms in total. The van der Waals surface area contributed by atoms with Gasteiger partial charge in [0.1, 0.15) is 11.4 Å². The minimum absolute atomic E-state index is 0.0563. The van der Waals surface area contributed by atoms with E-state index in [9.17, 15) is 4.79 Å². The molecule has 0 fully saturated rings. The molecule has 1 N–H and O–H groups in total. The molecule has 25 heavy (non-hydrogen) atoms. The summed E-state index contributed by atoms with van der Waals surface area (Å²) in [5.41, 5.74) is 3.55. The van der Waals surface area contributed by atoms with Crippen molar-refractivity contribution in [2.24, 2.45) is 0 Å². The quantitative estimate of drug-likeness (QED) is 0.750. The largest absolute Gasteiger partial charge is 0.494 e. The van der Waals surface area contributed by atoms with Crippen LogP contribution in [0.15, 0.2) is 53.5 Å². The first-order valence-electron chi connectivity index (χ1n) is 8.52. The zero-order chi connectivity index (χ0) is 17.8. The second-order valence-corrected chi connectivity index (χ2v) is 6.13. The number of pyridine rings is 1. The highest BCUT2D eigenvalue weighted by Gasteiger charge is 2.07. The third-order valence-electron chi connectivity index (χ3n) is 4.14. The second-order valence-electron chi connectivity index (χ2n) is 6.13. The maximum Gasteiger partial charge on any atom is 0.258 e. The van der Waals surface area contributed by atoms with Gasteiger partial charge >= 0.3 is 0 Å². The van der Waals surface area contributed by atoms with Crippen molar-refractivity contribution in [3.05, 3.63) is 75.8 Å². The average Bonchev–Trinajstić information content (AvgIpc) is 2.61. The Bertz CT molecular complexity index is 916. The van der Waals surface area contributed by atoms with Gasteiger partial charge in [0.05, 0.1) is 12.3 Å². The van der Waals surface area contributed by atoms with E-state index in [2.05, 4.69) is 17.2 Å². The topological polar surface area (TPSA) is 55.6 Å². The SMILES string of the molecule is CCOc1ccc([C@@H](C)NCc2cc(=O)n3cc(C)ccc3n2)cc1. The van der Waals surface area contributed by atoms with Crippen LogP contribution in [0.4, 0.5) is 0 Å². The van der Waals surface area contributed by atoms with Gasteiger partial charge in [0.2, 0.25) is 0 Å². The van der Waals surface area contributed by atoms with Gasteiger partial charge in [0.25, 0.3) is 5.56 Å². The van der Waals surface area contributed by atoms with Gasteiger partial charge in [0.15, 0.2) is 0 Å². The molecule has 2 aromatic heterocycles. The molecule has 1 atom stereocenters. The number of ether oxygens (including phenoxy) is 1. The Hall–Kier alpha value is -2.66. The van der Waals surface area contributed by atoms with Crippen molar-refractivity contribution in [3.63, 3.8) is 0 Å². The molecule has 3 aromatic rings. The highest BCUT2D eigenvalue weighted by atomic mass is 16.5. The van der Waals surface area contributed by atoms with Crippen LogP contribution >= 0.6 is 0 Å². The van der Waals surface area contributed by atoms with Crippen molar-refractivity contribution >= 4 is 5.65 Å². The molecule has 5 heteroatoms. The van der Waals surface area contributed by atoms with Crippen molar-refractivity contribution in [2.75, 3.05) is 6.61 Å². The van der Waals surface area contributed by atoms with Gasteiger partial charge in [-0.3, -0.25) is 9.20 Å². The molecule has 0 amide bonds. The summed E-state index contributed by atoms with van der Waals surface area (Å²) in [4.78, 5) is 16.8. The lowest BCUT2D eigenvalue weighted by molar-refractivity contribution is 0.340. The molecule has 0 saturated carbocycles. The molecule has 3 rings (SSSR count). The summed E-state index contributed by atoms with van der Waals surface area (Å²) < 4.78 is 7.04. The summed E-state index contributed by atoms with van der Waals surface area (Å²) in [6.45, 7) is 7.22. The predicted octanol–water partition coefficient (Wildman–Crippen LogP) is 3.25. The molecule has 0 aliphatic rings. The fraction of sp³-hybridized carbons (Fsp3) is 0.300. The van der Waals surface area contributed by atoms with Gasteiger partial charge in [0, 0.05) is 24.8 Å². The summed E-state index contributed by atoms with van der Waals surface area (Å²) in [5, 5.41) is 3.42. The number of aryl methyl sites for hydroxylation is 1. The van der Waals surface area contributed by atoms with Crippen LogP contribution in [-0.4, -0.2) is 16.0 Å². The number of nitrogens with zero attached hydrogens (tertiary/aromatic N) is 2. The molecule has 130 valence electrons. The van der Waals surface area contributed by atoms with Crippen LogP contribution in [-0.2, 0) is 6.54 Å². The van der Waals surface area contributed by atoms with E-state index in [1.807, 2.05) is 56.4 Å². The molecule has 0 aliphatic heterocycles. The maximum atomic E-state index is 12.2. The van der Waals surface area contributed by atoms with Gasteiger partial charge in [-0.15, -0.1) is 0 Å². The summed E-state index contributed by atoms with van der Waals surface area (Å²) in [6, 6.07) is 13.6. The Labute approximate surface area is 147 Å². The molecular formula is C20H23N3O2. The van der Waals surface area contributed by atoms with E-state index in [1.165, 1.54) is 0 Å². The molecule has 0 aliphatic carbocycles. The van der Waals surface area contributed by atoms with Crippen LogP contribution in [0.25, 0.3) is 5.65 Å². The van der Waals surface area contributed by atoms with E-state index >= 15 is 0 Å². The first kappa shape index (κ1) is 17.2. The van der Waals surface area contributed by atoms with E-state index in [0.29, 0.717) is 18.8 Å². The van der Waals surface area contributed by atoms with E-state index in [-0.39, 0.29) is 11.6 Å². The molecule has 0 spiro atoms. The Morgan fingerprint density at radius 2 is 1.96 bits per heavy atom.